The van der Waals surface area contributed by atoms with Crippen LogP contribution in [0.2, 0.25) is 0 Å². The predicted octanol–water partition coefficient (Wildman–Crippen LogP) is 2.05. The number of carboxylic acid groups (broad SMARTS) is 1. The molecule has 3 rings (SSSR count). The van der Waals surface area contributed by atoms with E-state index < -0.39 is 5.97 Å². The zero-order valence-corrected chi connectivity index (χ0v) is 14.3. The molecule has 2 heterocycles. The van der Waals surface area contributed by atoms with E-state index in [2.05, 4.69) is 10.3 Å². The molecule has 0 unspecified atom stereocenters. The molecule has 1 aromatic carbocycles. The lowest BCUT2D eigenvalue weighted by atomic mass is 10.1. The van der Waals surface area contributed by atoms with Gasteiger partial charge in [-0.2, -0.15) is 0 Å². The fourth-order valence-corrected chi connectivity index (χ4v) is 2.70. The van der Waals surface area contributed by atoms with Gasteiger partial charge in [-0.3, -0.25) is 9.78 Å². The molecule has 7 heteroatoms. The molecule has 0 bridgehead atoms. The van der Waals surface area contributed by atoms with E-state index in [1.807, 2.05) is 6.92 Å². The summed E-state index contributed by atoms with van der Waals surface area (Å²) in [4.78, 5) is 27.5. The number of ether oxygens (including phenoxy) is 2. The van der Waals surface area contributed by atoms with Crippen molar-refractivity contribution < 1.29 is 24.2 Å². The van der Waals surface area contributed by atoms with E-state index in [1.54, 1.807) is 30.5 Å². The third kappa shape index (κ3) is 4.37. The molecule has 1 aliphatic heterocycles. The van der Waals surface area contributed by atoms with Crippen LogP contribution in [-0.4, -0.2) is 47.3 Å². The first-order valence-electron chi connectivity index (χ1n) is 8.34. The smallest absolute Gasteiger partial charge is 0.335 e. The molecule has 7 nitrogen and oxygen atoms in total. The summed E-state index contributed by atoms with van der Waals surface area (Å²) in [7, 11) is 0. The Morgan fingerprint density at radius 2 is 1.92 bits per heavy atom. The van der Waals surface area contributed by atoms with E-state index in [1.165, 1.54) is 12.1 Å². The minimum atomic E-state index is -0.991. The number of hydrogen-bond acceptors (Lipinski definition) is 5. The first-order valence-corrected chi connectivity index (χ1v) is 8.34. The summed E-state index contributed by atoms with van der Waals surface area (Å²) in [6.07, 6.45) is 1.81. The second-order valence-corrected chi connectivity index (χ2v) is 6.12. The van der Waals surface area contributed by atoms with Gasteiger partial charge in [-0.05, 0) is 49.7 Å². The second kappa shape index (κ2) is 7.97. The Balaban J connectivity index is 1.66. The molecule has 1 aromatic heterocycles. The third-order valence-corrected chi connectivity index (χ3v) is 4.18. The Kier molecular flexibility index (Phi) is 5.48. The Morgan fingerprint density at radius 1 is 1.19 bits per heavy atom. The van der Waals surface area contributed by atoms with Crippen molar-refractivity contribution in [3.63, 3.8) is 0 Å². The van der Waals surface area contributed by atoms with Crippen molar-refractivity contribution in [2.24, 2.45) is 0 Å². The van der Waals surface area contributed by atoms with Crippen molar-refractivity contribution in [1.82, 2.24) is 10.3 Å². The number of aromatic nitrogens is 1. The zero-order chi connectivity index (χ0) is 18.5. The molecule has 2 atom stereocenters. The molecule has 0 saturated carbocycles. The standard InChI is InChI=1S/C19H20N2O5/c1-12-2-3-14(10-20-12)18(22)21-16-8-9-25-11-17(16)26-15-6-4-13(5-7-15)19(23)24/h2-7,10,16-17H,8-9,11H2,1H3,(H,21,22)(H,23,24)/t16-,17-/m1/s1. The molecule has 1 amide bonds. The Bertz CT molecular complexity index is 774. The van der Waals surface area contributed by atoms with Gasteiger partial charge in [0.05, 0.1) is 23.8 Å². The van der Waals surface area contributed by atoms with Gasteiger partial charge in [0, 0.05) is 18.5 Å². The summed E-state index contributed by atoms with van der Waals surface area (Å²) in [6, 6.07) is 9.47. The van der Waals surface area contributed by atoms with Crippen molar-refractivity contribution in [3.05, 3.63) is 59.4 Å². The van der Waals surface area contributed by atoms with Crippen LogP contribution in [0.25, 0.3) is 0 Å². The highest BCUT2D eigenvalue weighted by Gasteiger charge is 2.29. The Labute approximate surface area is 151 Å². The maximum Gasteiger partial charge on any atom is 0.335 e. The van der Waals surface area contributed by atoms with Crippen LogP contribution in [0, 0.1) is 6.92 Å². The largest absolute Gasteiger partial charge is 0.486 e. The van der Waals surface area contributed by atoms with Crippen LogP contribution in [0.15, 0.2) is 42.6 Å². The average Bonchev–Trinajstić information content (AvgIpc) is 2.64. The highest BCUT2D eigenvalue weighted by Crippen LogP contribution is 2.19. The molecular weight excluding hydrogens is 336 g/mol. The fourth-order valence-electron chi connectivity index (χ4n) is 2.70. The fraction of sp³-hybridized carbons (Fsp3) is 0.316. The maximum absolute atomic E-state index is 12.4. The van der Waals surface area contributed by atoms with E-state index in [4.69, 9.17) is 14.6 Å². The lowest BCUT2D eigenvalue weighted by molar-refractivity contribution is -0.0135. The van der Waals surface area contributed by atoms with Gasteiger partial charge in [-0.15, -0.1) is 0 Å². The first kappa shape index (κ1) is 17.9. The summed E-state index contributed by atoms with van der Waals surface area (Å²) in [6.45, 7) is 2.74. The van der Waals surface area contributed by atoms with Gasteiger partial charge in [-0.1, -0.05) is 0 Å². The summed E-state index contributed by atoms with van der Waals surface area (Å²) in [5.41, 5.74) is 1.53. The average molecular weight is 356 g/mol. The summed E-state index contributed by atoms with van der Waals surface area (Å²) in [5.74, 6) is -0.671. The number of carbonyl (C=O) groups excluding carboxylic acids is 1. The number of rotatable bonds is 5. The van der Waals surface area contributed by atoms with E-state index in [0.717, 1.165) is 5.69 Å². The van der Waals surface area contributed by atoms with Crippen molar-refractivity contribution in [1.29, 1.82) is 0 Å². The van der Waals surface area contributed by atoms with Crippen LogP contribution >= 0.6 is 0 Å². The Hall–Kier alpha value is -2.93. The molecule has 2 aromatic rings. The molecule has 136 valence electrons. The van der Waals surface area contributed by atoms with Gasteiger partial charge in [0.25, 0.3) is 5.91 Å². The van der Waals surface area contributed by atoms with Gasteiger partial charge in [0.1, 0.15) is 11.9 Å². The third-order valence-electron chi connectivity index (χ3n) is 4.18. The number of aryl methyl sites for hydroxylation is 1. The number of aromatic carboxylic acids is 1. The van der Waals surface area contributed by atoms with Crippen molar-refractivity contribution >= 4 is 11.9 Å². The van der Waals surface area contributed by atoms with E-state index in [9.17, 15) is 9.59 Å². The van der Waals surface area contributed by atoms with Crippen LogP contribution in [0.3, 0.4) is 0 Å². The first-order chi connectivity index (χ1) is 12.5. The van der Waals surface area contributed by atoms with Gasteiger partial charge in [0.15, 0.2) is 0 Å². The quantitative estimate of drug-likeness (QED) is 0.851. The van der Waals surface area contributed by atoms with E-state index in [-0.39, 0.29) is 23.6 Å². The number of nitrogens with one attached hydrogen (secondary N) is 1. The number of nitrogens with zero attached hydrogens (tertiary/aromatic N) is 1. The molecule has 1 saturated heterocycles. The molecule has 1 fully saturated rings. The van der Waals surface area contributed by atoms with Crippen LogP contribution in [0.4, 0.5) is 0 Å². The normalized spacial score (nSPS) is 19.6. The lowest BCUT2D eigenvalue weighted by Crippen LogP contribution is -2.51. The molecule has 1 aliphatic rings. The molecule has 0 radical (unpaired) electrons. The summed E-state index contributed by atoms with van der Waals surface area (Å²) in [5, 5.41) is 11.9. The van der Waals surface area contributed by atoms with E-state index >= 15 is 0 Å². The van der Waals surface area contributed by atoms with Crippen LogP contribution < -0.4 is 10.1 Å². The molecule has 0 spiro atoms. The number of pyridine rings is 1. The topological polar surface area (TPSA) is 97.8 Å². The number of carboxylic acids is 1. The van der Waals surface area contributed by atoms with Gasteiger partial charge in [0.2, 0.25) is 0 Å². The van der Waals surface area contributed by atoms with Crippen molar-refractivity contribution in [3.8, 4) is 5.75 Å². The van der Waals surface area contributed by atoms with Gasteiger partial charge >= 0.3 is 5.97 Å². The van der Waals surface area contributed by atoms with Gasteiger partial charge in [-0.25, -0.2) is 4.79 Å². The number of hydrogen-bond donors (Lipinski definition) is 2. The maximum atomic E-state index is 12.4. The van der Waals surface area contributed by atoms with Crippen LogP contribution in [-0.2, 0) is 4.74 Å². The highest BCUT2D eigenvalue weighted by molar-refractivity contribution is 5.94. The molecular formula is C19H20N2O5. The molecule has 0 aliphatic carbocycles. The number of carbonyl (C=O) groups is 2. The number of benzene rings is 1. The summed E-state index contributed by atoms with van der Waals surface area (Å²) >= 11 is 0. The second-order valence-electron chi connectivity index (χ2n) is 6.12. The zero-order valence-electron chi connectivity index (χ0n) is 14.3. The molecule has 26 heavy (non-hydrogen) atoms. The summed E-state index contributed by atoms with van der Waals surface area (Å²) < 4.78 is 11.4. The minimum Gasteiger partial charge on any atom is -0.486 e. The van der Waals surface area contributed by atoms with Gasteiger partial charge < -0.3 is 19.9 Å². The van der Waals surface area contributed by atoms with Crippen molar-refractivity contribution in [2.45, 2.75) is 25.5 Å². The Morgan fingerprint density at radius 3 is 2.58 bits per heavy atom. The molecule has 2 N–H and O–H groups in total. The monoisotopic (exact) mass is 356 g/mol. The van der Waals surface area contributed by atoms with E-state index in [0.29, 0.717) is 30.9 Å². The number of amides is 1. The SMILES string of the molecule is Cc1ccc(C(=O)N[C@@H]2CCOC[C@H]2Oc2ccc(C(=O)O)cc2)cn1. The predicted molar refractivity (Wildman–Crippen MR) is 93.5 cm³/mol. The van der Waals surface area contributed by atoms with Crippen LogP contribution in [0.1, 0.15) is 32.8 Å². The van der Waals surface area contributed by atoms with Crippen LogP contribution in [0.5, 0.6) is 5.75 Å². The minimum absolute atomic E-state index is 0.189. The highest BCUT2D eigenvalue weighted by atomic mass is 16.5. The lowest BCUT2D eigenvalue weighted by Gasteiger charge is -2.32. The van der Waals surface area contributed by atoms with Crippen molar-refractivity contribution in [2.75, 3.05) is 13.2 Å².